The Morgan fingerprint density at radius 1 is 1.24 bits per heavy atom. The first-order chi connectivity index (χ1) is 7.91. The topological polar surface area (TPSA) is 69.0 Å². The summed E-state index contributed by atoms with van der Waals surface area (Å²) in [6.45, 7) is 4.53. The van der Waals surface area contributed by atoms with Gasteiger partial charge < -0.3 is 9.88 Å². The van der Waals surface area contributed by atoms with E-state index in [0.29, 0.717) is 16.2 Å². The normalized spacial score (nSPS) is 14.5. The molecule has 1 aromatic heterocycles. The van der Waals surface area contributed by atoms with E-state index in [4.69, 9.17) is 12.2 Å². The molecule has 0 aliphatic carbocycles. The number of hydrogen-bond donors (Lipinski definition) is 2. The van der Waals surface area contributed by atoms with Gasteiger partial charge in [0, 0.05) is 31.3 Å². The third-order valence-electron chi connectivity index (χ3n) is 2.74. The van der Waals surface area contributed by atoms with Gasteiger partial charge in [0.25, 0.3) is 5.56 Å². The van der Waals surface area contributed by atoms with Gasteiger partial charge in [-0.3, -0.25) is 14.6 Å². The monoisotopic (exact) mass is 255 g/mol. The molecule has 2 N–H and O–H groups in total. The maximum atomic E-state index is 10.9. The number of aromatic amines is 2. The van der Waals surface area contributed by atoms with Crippen molar-refractivity contribution in [1.29, 1.82) is 0 Å². The molecule has 1 aromatic rings. The molecule has 0 atom stereocenters. The van der Waals surface area contributed by atoms with Gasteiger partial charge in [-0.2, -0.15) is 0 Å². The van der Waals surface area contributed by atoms with Crippen molar-refractivity contribution in [3.05, 3.63) is 26.4 Å². The Balaban J connectivity index is 0.000000181. The van der Waals surface area contributed by atoms with Gasteiger partial charge in [-0.15, -0.1) is 0 Å². The van der Waals surface area contributed by atoms with E-state index in [0.717, 1.165) is 25.1 Å². The van der Waals surface area contributed by atoms with Gasteiger partial charge in [-0.1, -0.05) is 0 Å². The molecule has 0 spiro atoms. The SMILES string of the molecule is CN1CCCC1=O.Cc1[nH]c(=S)[nH]c(=O)c1C. The summed E-state index contributed by atoms with van der Waals surface area (Å²) in [6.07, 6.45) is 1.81. The molecular weight excluding hydrogens is 238 g/mol. The van der Waals surface area contributed by atoms with Crippen molar-refractivity contribution < 1.29 is 4.79 Å². The Kier molecular flexibility index (Phi) is 4.62. The number of carbonyl (C=O) groups is 1. The van der Waals surface area contributed by atoms with E-state index in [1.54, 1.807) is 11.8 Å². The molecule has 5 nitrogen and oxygen atoms in total. The molecule has 2 heterocycles. The minimum Gasteiger partial charge on any atom is -0.346 e. The van der Waals surface area contributed by atoms with Crippen LogP contribution in [0.3, 0.4) is 0 Å². The largest absolute Gasteiger partial charge is 0.346 e. The fourth-order valence-electron chi connectivity index (χ4n) is 1.45. The summed E-state index contributed by atoms with van der Waals surface area (Å²) in [5, 5.41) is 0. The highest BCUT2D eigenvalue weighted by Gasteiger charge is 2.14. The first-order valence-electron chi connectivity index (χ1n) is 5.45. The maximum Gasteiger partial charge on any atom is 0.254 e. The average molecular weight is 255 g/mol. The third kappa shape index (κ3) is 3.81. The lowest BCUT2D eigenvalue weighted by Gasteiger charge is -2.03. The predicted molar refractivity (Wildman–Crippen MR) is 68.6 cm³/mol. The average Bonchev–Trinajstić information content (AvgIpc) is 2.61. The summed E-state index contributed by atoms with van der Waals surface area (Å²) in [7, 11) is 1.84. The molecule has 0 aromatic carbocycles. The fraction of sp³-hybridized carbons (Fsp3) is 0.545. The van der Waals surface area contributed by atoms with Crippen LogP contribution in [0.25, 0.3) is 0 Å². The molecule has 17 heavy (non-hydrogen) atoms. The van der Waals surface area contributed by atoms with E-state index in [2.05, 4.69) is 9.97 Å². The summed E-state index contributed by atoms with van der Waals surface area (Å²) < 4.78 is 0.383. The highest BCUT2D eigenvalue weighted by atomic mass is 32.1. The Labute approximate surface area is 105 Å². The van der Waals surface area contributed by atoms with Crippen molar-refractivity contribution in [1.82, 2.24) is 14.9 Å². The lowest BCUT2D eigenvalue weighted by atomic mass is 10.3. The van der Waals surface area contributed by atoms with Crippen molar-refractivity contribution in [2.75, 3.05) is 13.6 Å². The second-order valence-electron chi connectivity index (χ2n) is 4.08. The van der Waals surface area contributed by atoms with E-state index in [9.17, 15) is 9.59 Å². The second-order valence-corrected chi connectivity index (χ2v) is 4.49. The number of amides is 1. The Hall–Kier alpha value is -1.43. The number of nitrogens with zero attached hydrogens (tertiary/aromatic N) is 1. The first kappa shape index (κ1) is 13.6. The highest BCUT2D eigenvalue weighted by molar-refractivity contribution is 7.71. The molecule has 1 aliphatic rings. The van der Waals surface area contributed by atoms with Crippen LogP contribution < -0.4 is 5.56 Å². The van der Waals surface area contributed by atoms with Gasteiger partial charge in [-0.25, -0.2) is 0 Å². The second kappa shape index (κ2) is 5.77. The van der Waals surface area contributed by atoms with Crippen molar-refractivity contribution in [3.63, 3.8) is 0 Å². The Morgan fingerprint density at radius 3 is 2.24 bits per heavy atom. The minimum absolute atomic E-state index is 0.110. The summed E-state index contributed by atoms with van der Waals surface area (Å²) in [5.41, 5.74) is 1.41. The highest BCUT2D eigenvalue weighted by Crippen LogP contribution is 2.04. The molecule has 0 radical (unpaired) electrons. The van der Waals surface area contributed by atoms with Gasteiger partial charge in [0.1, 0.15) is 0 Å². The van der Waals surface area contributed by atoms with Crippen LogP contribution in [-0.2, 0) is 4.79 Å². The smallest absolute Gasteiger partial charge is 0.254 e. The van der Waals surface area contributed by atoms with Crippen LogP contribution >= 0.6 is 12.2 Å². The molecule has 1 fully saturated rings. The zero-order valence-electron chi connectivity index (χ0n) is 10.3. The molecule has 0 bridgehead atoms. The molecule has 1 amide bonds. The quantitative estimate of drug-likeness (QED) is 0.686. The van der Waals surface area contributed by atoms with Gasteiger partial charge in [-0.05, 0) is 32.5 Å². The number of aromatic nitrogens is 2. The van der Waals surface area contributed by atoms with E-state index in [1.165, 1.54) is 0 Å². The van der Waals surface area contributed by atoms with Crippen LogP contribution in [0.1, 0.15) is 24.1 Å². The molecule has 1 aliphatic heterocycles. The fourth-order valence-corrected chi connectivity index (χ4v) is 1.69. The lowest BCUT2D eigenvalue weighted by Crippen LogP contribution is -2.17. The van der Waals surface area contributed by atoms with Crippen LogP contribution in [0.2, 0.25) is 0 Å². The van der Waals surface area contributed by atoms with Crippen LogP contribution in [-0.4, -0.2) is 34.4 Å². The number of aryl methyl sites for hydroxylation is 1. The van der Waals surface area contributed by atoms with Crippen LogP contribution in [0.15, 0.2) is 4.79 Å². The Morgan fingerprint density at radius 2 is 1.88 bits per heavy atom. The Bertz CT molecular complexity index is 518. The first-order valence-corrected chi connectivity index (χ1v) is 5.86. The van der Waals surface area contributed by atoms with Gasteiger partial charge >= 0.3 is 0 Å². The minimum atomic E-state index is -0.110. The molecule has 1 saturated heterocycles. The summed E-state index contributed by atoms with van der Waals surface area (Å²) in [5.74, 6) is 0.292. The number of rotatable bonds is 0. The number of H-pyrrole nitrogens is 2. The van der Waals surface area contributed by atoms with Crippen molar-refractivity contribution in [3.8, 4) is 0 Å². The van der Waals surface area contributed by atoms with Crippen molar-refractivity contribution >= 4 is 18.1 Å². The van der Waals surface area contributed by atoms with Gasteiger partial charge in [0.2, 0.25) is 5.91 Å². The predicted octanol–water partition coefficient (Wildman–Crippen LogP) is 1.29. The van der Waals surface area contributed by atoms with Crippen LogP contribution in [0, 0.1) is 18.6 Å². The summed E-state index contributed by atoms with van der Waals surface area (Å²) in [4.78, 5) is 28.5. The maximum absolute atomic E-state index is 10.9. The van der Waals surface area contributed by atoms with Crippen LogP contribution in [0.4, 0.5) is 0 Å². The van der Waals surface area contributed by atoms with Crippen LogP contribution in [0.5, 0.6) is 0 Å². The van der Waals surface area contributed by atoms with Gasteiger partial charge in [0.05, 0.1) is 0 Å². The zero-order valence-corrected chi connectivity index (χ0v) is 11.1. The van der Waals surface area contributed by atoms with Crippen molar-refractivity contribution in [2.24, 2.45) is 0 Å². The number of carbonyl (C=O) groups excluding carboxylic acids is 1. The third-order valence-corrected chi connectivity index (χ3v) is 2.95. The summed E-state index contributed by atoms with van der Waals surface area (Å²) >= 11 is 4.74. The lowest BCUT2D eigenvalue weighted by molar-refractivity contribution is -0.126. The van der Waals surface area contributed by atoms with E-state index in [-0.39, 0.29) is 5.56 Å². The molecule has 2 rings (SSSR count). The number of likely N-dealkylation sites (tertiary alicyclic amines) is 1. The standard InChI is InChI=1S/C6H8N2OS.C5H9NO/c1-3-4(2)7-6(10)8-5(3)9;1-6-4-2-3-5(6)7/h1-2H3,(H2,7,8,9,10);2-4H2,1H3. The number of nitrogens with one attached hydrogen (secondary N) is 2. The molecule has 0 saturated carbocycles. The molecule has 6 heteroatoms. The van der Waals surface area contributed by atoms with Gasteiger partial charge in [0.15, 0.2) is 4.77 Å². The van der Waals surface area contributed by atoms with Crippen molar-refractivity contribution in [2.45, 2.75) is 26.7 Å². The van der Waals surface area contributed by atoms with E-state index in [1.807, 2.05) is 14.0 Å². The zero-order chi connectivity index (χ0) is 13.0. The summed E-state index contributed by atoms with van der Waals surface area (Å²) in [6, 6.07) is 0. The molecule has 94 valence electrons. The van der Waals surface area contributed by atoms with E-state index >= 15 is 0 Å². The molecule has 0 unspecified atom stereocenters. The molecular formula is C11H17N3O2S. The van der Waals surface area contributed by atoms with E-state index < -0.39 is 0 Å². The number of hydrogen-bond acceptors (Lipinski definition) is 3.